The molecule has 0 atom stereocenters. The average molecular weight is 418 g/mol. The molecule has 0 amide bonds. The summed E-state index contributed by atoms with van der Waals surface area (Å²) in [5.74, 6) is 0. The molecule has 3 aromatic carbocycles. The van der Waals surface area contributed by atoms with E-state index in [0.29, 0.717) is 10.3 Å². The van der Waals surface area contributed by atoms with E-state index in [4.69, 9.17) is 0 Å². The Labute approximate surface area is 175 Å². The minimum atomic E-state index is -3.30. The molecule has 1 N–H and O–H groups in total. The molecule has 152 valence electrons. The molecule has 5 rings (SSSR count). The summed E-state index contributed by atoms with van der Waals surface area (Å²) in [4.78, 5) is 15.1. The summed E-state index contributed by atoms with van der Waals surface area (Å²) in [6.45, 7) is 0. The lowest BCUT2D eigenvalue weighted by molar-refractivity contribution is 0.484. The fourth-order valence-electron chi connectivity index (χ4n) is 4.62. The lowest BCUT2D eigenvalue weighted by Gasteiger charge is -2.22. The van der Waals surface area contributed by atoms with Crippen molar-refractivity contribution in [2.24, 2.45) is 0 Å². The van der Waals surface area contributed by atoms with Gasteiger partial charge in [-0.05, 0) is 70.5 Å². The fourth-order valence-corrected chi connectivity index (χ4v) is 6.51. The van der Waals surface area contributed by atoms with Gasteiger partial charge in [0.15, 0.2) is 9.84 Å². The van der Waals surface area contributed by atoms with Gasteiger partial charge in [-0.3, -0.25) is 4.79 Å². The third-order valence-corrected chi connectivity index (χ3v) is 8.52. The standard InChI is InChI=1S/C25H23NO3S/c27-25-24-11-9-18(15-19(24)13-14-26-25)22-8-4-5-17-16-21(10-12-23(17)22)30(28,29)20-6-2-1-3-7-20/h4-5,8-16,20H,1-3,6-7H2,(H,26,27). The van der Waals surface area contributed by atoms with Crippen LogP contribution in [0.5, 0.6) is 0 Å². The fraction of sp³-hybridized carbons (Fsp3) is 0.240. The van der Waals surface area contributed by atoms with Crippen molar-refractivity contribution in [3.05, 3.63) is 77.2 Å². The Bertz CT molecular complexity index is 1410. The number of hydrogen-bond acceptors (Lipinski definition) is 3. The van der Waals surface area contributed by atoms with Crippen LogP contribution in [0.3, 0.4) is 0 Å². The summed E-state index contributed by atoms with van der Waals surface area (Å²) in [5.41, 5.74) is 1.92. The van der Waals surface area contributed by atoms with E-state index in [0.717, 1.165) is 59.4 Å². The van der Waals surface area contributed by atoms with Gasteiger partial charge < -0.3 is 4.98 Å². The highest BCUT2D eigenvalue weighted by Crippen LogP contribution is 2.34. The Morgan fingerprint density at radius 2 is 1.57 bits per heavy atom. The van der Waals surface area contributed by atoms with E-state index in [1.807, 2.05) is 54.6 Å². The number of hydrogen-bond donors (Lipinski definition) is 1. The molecule has 0 aliphatic heterocycles. The zero-order valence-corrected chi connectivity index (χ0v) is 17.4. The van der Waals surface area contributed by atoms with Crippen molar-refractivity contribution in [2.75, 3.05) is 0 Å². The van der Waals surface area contributed by atoms with Crippen LogP contribution >= 0.6 is 0 Å². The lowest BCUT2D eigenvalue weighted by Crippen LogP contribution is -2.24. The second kappa shape index (κ2) is 7.40. The van der Waals surface area contributed by atoms with Crippen LogP contribution < -0.4 is 5.56 Å². The van der Waals surface area contributed by atoms with Crippen molar-refractivity contribution < 1.29 is 8.42 Å². The van der Waals surface area contributed by atoms with Gasteiger partial charge in [-0.2, -0.15) is 0 Å². The molecule has 1 saturated carbocycles. The van der Waals surface area contributed by atoms with E-state index in [9.17, 15) is 13.2 Å². The molecule has 0 spiro atoms. The molecule has 1 heterocycles. The number of fused-ring (bicyclic) bond motifs is 2. The normalized spacial score (nSPS) is 15.6. The average Bonchev–Trinajstić information content (AvgIpc) is 2.79. The first-order chi connectivity index (χ1) is 14.5. The van der Waals surface area contributed by atoms with Crippen LogP contribution in [-0.4, -0.2) is 18.7 Å². The molecular weight excluding hydrogens is 394 g/mol. The number of benzene rings is 3. The van der Waals surface area contributed by atoms with E-state index < -0.39 is 9.84 Å². The minimum absolute atomic E-state index is 0.102. The molecule has 0 unspecified atom stereocenters. The van der Waals surface area contributed by atoms with Gasteiger partial charge >= 0.3 is 0 Å². The van der Waals surface area contributed by atoms with Crippen LogP contribution in [0.2, 0.25) is 0 Å². The summed E-state index contributed by atoms with van der Waals surface area (Å²) < 4.78 is 26.3. The highest BCUT2D eigenvalue weighted by Gasteiger charge is 2.29. The molecule has 4 nitrogen and oxygen atoms in total. The molecule has 0 saturated heterocycles. The van der Waals surface area contributed by atoms with Gasteiger partial charge in [0.1, 0.15) is 0 Å². The minimum Gasteiger partial charge on any atom is -0.329 e. The number of pyridine rings is 1. The predicted octanol–water partition coefficient (Wildman–Crippen LogP) is 5.45. The largest absolute Gasteiger partial charge is 0.329 e. The second-order valence-corrected chi connectivity index (χ2v) is 10.3. The Kier molecular flexibility index (Phi) is 4.70. The summed E-state index contributed by atoms with van der Waals surface area (Å²) in [7, 11) is -3.30. The maximum atomic E-state index is 13.1. The molecule has 5 heteroatoms. The molecular formula is C25H23NO3S. The first-order valence-electron chi connectivity index (χ1n) is 10.4. The quantitative estimate of drug-likeness (QED) is 0.482. The summed E-state index contributed by atoms with van der Waals surface area (Å²) in [6, 6.07) is 19.1. The van der Waals surface area contributed by atoms with Crippen LogP contribution in [0.25, 0.3) is 32.7 Å². The highest BCUT2D eigenvalue weighted by atomic mass is 32.2. The Morgan fingerprint density at radius 3 is 2.40 bits per heavy atom. The topological polar surface area (TPSA) is 67.0 Å². The molecule has 0 bridgehead atoms. The SMILES string of the molecule is O=c1[nH]ccc2cc(-c3cccc4cc(S(=O)(=O)C5CCCCC5)ccc34)ccc12. The van der Waals surface area contributed by atoms with Gasteiger partial charge in [0.2, 0.25) is 0 Å². The van der Waals surface area contributed by atoms with E-state index in [1.165, 1.54) is 0 Å². The number of aromatic amines is 1. The monoisotopic (exact) mass is 417 g/mol. The molecule has 4 aromatic rings. The number of sulfone groups is 1. The zero-order valence-electron chi connectivity index (χ0n) is 16.6. The van der Waals surface area contributed by atoms with Crippen LogP contribution in [-0.2, 0) is 9.84 Å². The highest BCUT2D eigenvalue weighted by molar-refractivity contribution is 7.92. The maximum absolute atomic E-state index is 13.1. The zero-order chi connectivity index (χ0) is 20.7. The lowest BCUT2D eigenvalue weighted by atomic mass is 9.97. The molecule has 0 radical (unpaired) electrons. The van der Waals surface area contributed by atoms with Crippen molar-refractivity contribution in [1.29, 1.82) is 0 Å². The maximum Gasteiger partial charge on any atom is 0.255 e. The first kappa shape index (κ1) is 19.1. The second-order valence-electron chi connectivity index (χ2n) is 8.10. The summed E-state index contributed by atoms with van der Waals surface area (Å²) in [6.07, 6.45) is 6.29. The molecule has 1 fully saturated rings. The van der Waals surface area contributed by atoms with Crippen molar-refractivity contribution >= 4 is 31.4 Å². The first-order valence-corrected chi connectivity index (χ1v) is 12.0. The summed E-state index contributed by atoms with van der Waals surface area (Å²) >= 11 is 0. The van der Waals surface area contributed by atoms with Crippen LogP contribution in [0.15, 0.2) is 76.6 Å². The van der Waals surface area contributed by atoms with Gasteiger partial charge in [0.05, 0.1) is 10.1 Å². The number of rotatable bonds is 3. The number of nitrogens with one attached hydrogen (secondary N) is 1. The summed E-state index contributed by atoms with van der Waals surface area (Å²) in [5, 5.41) is 3.19. The van der Waals surface area contributed by atoms with Crippen molar-refractivity contribution in [3.8, 4) is 11.1 Å². The molecule has 1 aliphatic carbocycles. The third-order valence-electron chi connectivity index (χ3n) is 6.26. The number of aromatic nitrogens is 1. The van der Waals surface area contributed by atoms with E-state index in [1.54, 1.807) is 12.3 Å². The van der Waals surface area contributed by atoms with Crippen molar-refractivity contribution in [2.45, 2.75) is 42.2 Å². The van der Waals surface area contributed by atoms with Gasteiger partial charge in [-0.25, -0.2) is 8.42 Å². The van der Waals surface area contributed by atoms with Gasteiger partial charge in [-0.15, -0.1) is 0 Å². The molecule has 30 heavy (non-hydrogen) atoms. The van der Waals surface area contributed by atoms with E-state index >= 15 is 0 Å². The Hall–Kier alpha value is -2.92. The van der Waals surface area contributed by atoms with E-state index in [-0.39, 0.29) is 10.8 Å². The smallest absolute Gasteiger partial charge is 0.255 e. The third kappa shape index (κ3) is 3.23. The number of H-pyrrole nitrogens is 1. The predicted molar refractivity (Wildman–Crippen MR) is 122 cm³/mol. The molecule has 1 aliphatic rings. The van der Waals surface area contributed by atoms with Crippen LogP contribution in [0.4, 0.5) is 0 Å². The Morgan fingerprint density at radius 1 is 0.800 bits per heavy atom. The Balaban J connectivity index is 1.61. The van der Waals surface area contributed by atoms with Crippen LogP contribution in [0.1, 0.15) is 32.1 Å². The van der Waals surface area contributed by atoms with E-state index in [2.05, 4.69) is 4.98 Å². The molecule has 1 aromatic heterocycles. The van der Waals surface area contributed by atoms with Gasteiger partial charge in [0.25, 0.3) is 5.56 Å². The van der Waals surface area contributed by atoms with Gasteiger partial charge in [-0.1, -0.05) is 49.6 Å². The van der Waals surface area contributed by atoms with Crippen LogP contribution in [0, 0.1) is 0 Å². The van der Waals surface area contributed by atoms with Gasteiger partial charge in [0, 0.05) is 11.6 Å². The van der Waals surface area contributed by atoms with Crippen molar-refractivity contribution in [1.82, 2.24) is 4.98 Å². The van der Waals surface area contributed by atoms with Crippen molar-refractivity contribution in [3.63, 3.8) is 0 Å².